The third-order valence-electron chi connectivity index (χ3n) is 1.64. The van der Waals surface area contributed by atoms with E-state index >= 15 is 0 Å². The summed E-state index contributed by atoms with van der Waals surface area (Å²) in [5, 5.41) is 0.643. The molecule has 0 aliphatic heterocycles. The van der Waals surface area contributed by atoms with Crippen LogP contribution in [0.2, 0.25) is 5.02 Å². The number of benzene rings is 1. The molecule has 0 unspecified atom stereocenters. The molecule has 0 heterocycles. The highest BCUT2D eigenvalue weighted by Gasteiger charge is 2.04. The molecule has 1 aromatic carbocycles. The maximum absolute atomic E-state index is 5.92. The molecule has 0 radical (unpaired) electrons. The van der Waals surface area contributed by atoms with Gasteiger partial charge < -0.3 is 10.5 Å². The van der Waals surface area contributed by atoms with Crippen LogP contribution >= 0.6 is 11.6 Å². The summed E-state index contributed by atoms with van der Waals surface area (Å²) in [6.45, 7) is 4.41. The van der Waals surface area contributed by atoms with Crippen molar-refractivity contribution in [3.63, 3.8) is 0 Å². The lowest BCUT2D eigenvalue weighted by Crippen LogP contribution is -2.02. The van der Waals surface area contributed by atoms with Crippen molar-refractivity contribution in [1.82, 2.24) is 0 Å². The van der Waals surface area contributed by atoms with Crippen molar-refractivity contribution < 1.29 is 4.74 Å². The molecule has 0 saturated carbocycles. The molecule has 3 heteroatoms. The smallest absolute Gasteiger partial charge is 0.125 e. The van der Waals surface area contributed by atoms with Gasteiger partial charge in [0.15, 0.2) is 0 Å². The highest BCUT2D eigenvalue weighted by molar-refractivity contribution is 6.31. The van der Waals surface area contributed by atoms with Crippen LogP contribution < -0.4 is 10.5 Å². The average Bonchev–Trinajstić information content (AvgIpc) is 2.15. The van der Waals surface area contributed by atoms with Crippen LogP contribution in [0.3, 0.4) is 0 Å². The Hall–Kier alpha value is -0.990. The van der Waals surface area contributed by atoms with E-state index in [1.165, 1.54) is 0 Å². The van der Waals surface area contributed by atoms with E-state index < -0.39 is 0 Å². The first kappa shape index (κ1) is 10.1. The van der Waals surface area contributed by atoms with Crippen molar-refractivity contribution in [3.8, 4) is 5.75 Å². The summed E-state index contributed by atoms with van der Waals surface area (Å²) in [4.78, 5) is 0. The van der Waals surface area contributed by atoms with Gasteiger partial charge in [0.25, 0.3) is 0 Å². The molecule has 0 bridgehead atoms. The van der Waals surface area contributed by atoms with Crippen LogP contribution in [0.25, 0.3) is 0 Å². The molecule has 0 spiro atoms. The van der Waals surface area contributed by atoms with Crippen molar-refractivity contribution in [2.75, 3.05) is 6.61 Å². The van der Waals surface area contributed by atoms with Crippen molar-refractivity contribution in [1.29, 1.82) is 0 Å². The lowest BCUT2D eigenvalue weighted by atomic mass is 10.2. The van der Waals surface area contributed by atoms with Crippen LogP contribution in [0, 0.1) is 0 Å². The molecular weight excluding hydrogens is 186 g/mol. The molecular formula is C10H12ClNO. The van der Waals surface area contributed by atoms with E-state index in [1.807, 2.05) is 12.1 Å². The molecule has 2 nitrogen and oxygen atoms in total. The van der Waals surface area contributed by atoms with Crippen LogP contribution in [-0.4, -0.2) is 6.61 Å². The molecule has 1 rings (SSSR count). The second-order valence-electron chi connectivity index (χ2n) is 2.52. The predicted octanol–water partition coefficient (Wildman–Crippen LogP) is 2.36. The Balaban J connectivity index is 2.91. The Bertz CT molecular complexity index is 299. The van der Waals surface area contributed by atoms with Gasteiger partial charge in [-0.3, -0.25) is 0 Å². The van der Waals surface area contributed by atoms with Crippen molar-refractivity contribution >= 4 is 11.6 Å². The lowest BCUT2D eigenvalue weighted by molar-refractivity contribution is 0.359. The van der Waals surface area contributed by atoms with Crippen molar-refractivity contribution in [2.45, 2.75) is 6.54 Å². The van der Waals surface area contributed by atoms with Gasteiger partial charge in [-0.2, -0.15) is 0 Å². The highest BCUT2D eigenvalue weighted by Crippen LogP contribution is 2.25. The fourth-order valence-corrected chi connectivity index (χ4v) is 1.26. The summed E-state index contributed by atoms with van der Waals surface area (Å²) in [6, 6.07) is 5.47. The van der Waals surface area contributed by atoms with Gasteiger partial charge in [-0.05, 0) is 12.1 Å². The van der Waals surface area contributed by atoms with Crippen LogP contribution in [-0.2, 0) is 6.54 Å². The molecule has 0 saturated heterocycles. The van der Waals surface area contributed by atoms with Gasteiger partial charge in [-0.1, -0.05) is 30.3 Å². The van der Waals surface area contributed by atoms with Gasteiger partial charge in [-0.15, -0.1) is 0 Å². The fourth-order valence-electron chi connectivity index (χ4n) is 1.02. The average molecular weight is 198 g/mol. The van der Waals surface area contributed by atoms with Crippen molar-refractivity contribution in [2.24, 2.45) is 5.73 Å². The molecule has 2 N–H and O–H groups in total. The van der Waals surface area contributed by atoms with Gasteiger partial charge >= 0.3 is 0 Å². The molecule has 0 fully saturated rings. The zero-order valence-electron chi connectivity index (χ0n) is 7.29. The largest absolute Gasteiger partial charge is 0.489 e. The zero-order valence-corrected chi connectivity index (χ0v) is 8.05. The minimum absolute atomic E-state index is 0.381. The summed E-state index contributed by atoms with van der Waals surface area (Å²) in [6.07, 6.45) is 1.68. The first-order chi connectivity index (χ1) is 6.29. The maximum Gasteiger partial charge on any atom is 0.125 e. The standard InChI is InChI=1S/C10H12ClNO/c1-2-6-13-10-5-3-4-9(11)8(10)7-12/h2-5H,1,6-7,12H2. The summed E-state index contributed by atoms with van der Waals surface area (Å²) in [5.41, 5.74) is 6.37. The molecule has 0 aliphatic rings. The van der Waals surface area contributed by atoms with Gasteiger partial charge in [-0.25, -0.2) is 0 Å². The summed E-state index contributed by atoms with van der Waals surface area (Å²) in [7, 11) is 0. The molecule has 0 amide bonds. The van der Waals surface area contributed by atoms with Crippen LogP contribution in [0.1, 0.15) is 5.56 Å². The fraction of sp³-hybridized carbons (Fsp3) is 0.200. The highest BCUT2D eigenvalue weighted by atomic mass is 35.5. The summed E-state index contributed by atoms with van der Waals surface area (Å²) >= 11 is 5.92. The predicted molar refractivity (Wildman–Crippen MR) is 55.0 cm³/mol. The first-order valence-electron chi connectivity index (χ1n) is 4.00. The number of rotatable bonds is 4. The Morgan fingerprint density at radius 2 is 2.31 bits per heavy atom. The van der Waals surface area contributed by atoms with Gasteiger partial charge in [0.05, 0.1) is 0 Å². The quantitative estimate of drug-likeness (QED) is 0.753. The number of halogens is 1. The SMILES string of the molecule is C=CCOc1cccc(Cl)c1CN. The number of hydrogen-bond acceptors (Lipinski definition) is 2. The Morgan fingerprint density at radius 1 is 1.54 bits per heavy atom. The number of hydrogen-bond donors (Lipinski definition) is 1. The van der Waals surface area contributed by atoms with E-state index in [4.69, 9.17) is 22.1 Å². The summed E-state index contributed by atoms with van der Waals surface area (Å²) < 4.78 is 5.38. The van der Waals surface area contributed by atoms with Gasteiger partial charge in [0, 0.05) is 17.1 Å². The Morgan fingerprint density at radius 3 is 2.92 bits per heavy atom. The van der Waals surface area contributed by atoms with Gasteiger partial charge in [0.1, 0.15) is 12.4 Å². The second-order valence-corrected chi connectivity index (χ2v) is 2.93. The Kier molecular flexibility index (Phi) is 3.80. The number of ether oxygens (including phenoxy) is 1. The van der Waals surface area contributed by atoms with Crippen LogP contribution in [0.15, 0.2) is 30.9 Å². The van der Waals surface area contributed by atoms with Crippen molar-refractivity contribution in [3.05, 3.63) is 41.4 Å². The van der Waals surface area contributed by atoms with E-state index in [-0.39, 0.29) is 0 Å². The number of nitrogens with two attached hydrogens (primary N) is 1. The molecule has 1 aromatic rings. The van der Waals surface area contributed by atoms with Gasteiger partial charge in [0.2, 0.25) is 0 Å². The normalized spacial score (nSPS) is 9.69. The topological polar surface area (TPSA) is 35.2 Å². The molecule has 0 aliphatic carbocycles. The van der Waals surface area contributed by atoms with E-state index in [0.717, 1.165) is 11.3 Å². The molecule has 0 aromatic heterocycles. The first-order valence-corrected chi connectivity index (χ1v) is 4.38. The minimum atomic E-state index is 0.381. The van der Waals surface area contributed by atoms with E-state index in [1.54, 1.807) is 12.1 Å². The third kappa shape index (κ3) is 2.47. The zero-order chi connectivity index (χ0) is 9.68. The monoisotopic (exact) mass is 197 g/mol. The summed E-state index contributed by atoms with van der Waals surface area (Å²) in [5.74, 6) is 0.731. The Labute approximate surface area is 83.0 Å². The minimum Gasteiger partial charge on any atom is -0.489 e. The lowest BCUT2D eigenvalue weighted by Gasteiger charge is -2.09. The van der Waals surface area contributed by atoms with Crippen LogP contribution in [0.4, 0.5) is 0 Å². The van der Waals surface area contributed by atoms with E-state index in [9.17, 15) is 0 Å². The van der Waals surface area contributed by atoms with E-state index in [0.29, 0.717) is 18.2 Å². The van der Waals surface area contributed by atoms with E-state index in [2.05, 4.69) is 6.58 Å². The van der Waals surface area contributed by atoms with Crippen LogP contribution in [0.5, 0.6) is 5.75 Å². The molecule has 70 valence electrons. The maximum atomic E-state index is 5.92. The molecule has 13 heavy (non-hydrogen) atoms. The second kappa shape index (κ2) is 4.90. The third-order valence-corrected chi connectivity index (χ3v) is 1.99. The molecule has 0 atom stereocenters.